The van der Waals surface area contributed by atoms with Crippen LogP contribution in [0.4, 0.5) is 0 Å². The van der Waals surface area contributed by atoms with Crippen molar-refractivity contribution >= 4 is 23.4 Å². The summed E-state index contributed by atoms with van der Waals surface area (Å²) in [5.41, 5.74) is 0. The first-order chi connectivity index (χ1) is 7.47. The molecule has 0 bridgehead atoms. The third kappa shape index (κ3) is 2.88. The standard InChI is InChI=1S/C11H19ClN2O2/c1-8(2)14-5-4-13(7-9(3)6-12)10(15)11(14)16/h8-9H,4-7H2,1-3H3. The molecular weight excluding hydrogens is 228 g/mol. The molecule has 0 aromatic heterocycles. The Hall–Kier alpha value is -0.770. The van der Waals surface area contributed by atoms with Gasteiger partial charge in [-0.1, -0.05) is 6.92 Å². The molecular formula is C11H19ClN2O2. The van der Waals surface area contributed by atoms with E-state index in [2.05, 4.69) is 0 Å². The van der Waals surface area contributed by atoms with Crippen LogP contribution >= 0.6 is 11.6 Å². The molecule has 4 nitrogen and oxygen atoms in total. The number of piperazine rings is 1. The Labute approximate surface area is 102 Å². The van der Waals surface area contributed by atoms with Gasteiger partial charge >= 0.3 is 11.8 Å². The summed E-state index contributed by atoms with van der Waals surface area (Å²) in [4.78, 5) is 26.8. The van der Waals surface area contributed by atoms with E-state index < -0.39 is 5.91 Å². The van der Waals surface area contributed by atoms with Gasteiger partial charge in [0.25, 0.3) is 0 Å². The molecule has 0 spiro atoms. The van der Waals surface area contributed by atoms with E-state index in [-0.39, 0.29) is 17.9 Å². The maximum Gasteiger partial charge on any atom is 0.312 e. The Kier molecular flexibility index (Phi) is 4.59. The fourth-order valence-corrected chi connectivity index (χ4v) is 1.88. The molecule has 0 N–H and O–H groups in total. The van der Waals surface area contributed by atoms with E-state index in [1.54, 1.807) is 9.80 Å². The average Bonchev–Trinajstić information content (AvgIpc) is 2.24. The Bertz CT molecular complexity index is 281. The number of rotatable bonds is 4. The van der Waals surface area contributed by atoms with E-state index in [0.29, 0.717) is 25.5 Å². The SMILES string of the molecule is CC(CCl)CN1CCN(C(C)C)C(=O)C1=O. The second kappa shape index (κ2) is 5.53. The van der Waals surface area contributed by atoms with Gasteiger partial charge in [0, 0.05) is 31.6 Å². The maximum absolute atomic E-state index is 11.8. The van der Waals surface area contributed by atoms with E-state index in [4.69, 9.17) is 11.6 Å². The van der Waals surface area contributed by atoms with Crippen LogP contribution in [0.25, 0.3) is 0 Å². The third-order valence-electron chi connectivity index (χ3n) is 2.76. The zero-order valence-electron chi connectivity index (χ0n) is 10.1. The quantitative estimate of drug-likeness (QED) is 0.547. The highest BCUT2D eigenvalue weighted by molar-refractivity contribution is 6.35. The zero-order valence-corrected chi connectivity index (χ0v) is 10.8. The minimum absolute atomic E-state index is 0.0871. The molecule has 0 aromatic rings. The Balaban J connectivity index is 2.62. The maximum atomic E-state index is 11.8. The average molecular weight is 247 g/mol. The van der Waals surface area contributed by atoms with Crippen molar-refractivity contribution in [2.75, 3.05) is 25.5 Å². The minimum Gasteiger partial charge on any atom is -0.332 e. The van der Waals surface area contributed by atoms with Gasteiger partial charge in [0.05, 0.1) is 0 Å². The van der Waals surface area contributed by atoms with Gasteiger partial charge in [-0.2, -0.15) is 0 Å². The van der Waals surface area contributed by atoms with E-state index >= 15 is 0 Å². The van der Waals surface area contributed by atoms with Gasteiger partial charge in [-0.15, -0.1) is 11.6 Å². The second-order valence-corrected chi connectivity index (χ2v) is 4.91. The molecule has 1 rings (SSSR count). The fraction of sp³-hybridized carbons (Fsp3) is 0.818. The highest BCUT2D eigenvalue weighted by atomic mass is 35.5. The highest BCUT2D eigenvalue weighted by Crippen LogP contribution is 2.11. The van der Waals surface area contributed by atoms with Crippen molar-refractivity contribution in [3.63, 3.8) is 0 Å². The Morgan fingerprint density at radius 2 is 1.81 bits per heavy atom. The number of halogens is 1. The van der Waals surface area contributed by atoms with Crippen molar-refractivity contribution in [3.05, 3.63) is 0 Å². The smallest absolute Gasteiger partial charge is 0.312 e. The normalized spacial score (nSPS) is 19.6. The molecule has 5 heteroatoms. The van der Waals surface area contributed by atoms with E-state index in [0.717, 1.165) is 0 Å². The van der Waals surface area contributed by atoms with Crippen LogP contribution in [0.1, 0.15) is 20.8 Å². The van der Waals surface area contributed by atoms with Gasteiger partial charge in [0.15, 0.2) is 0 Å². The number of alkyl halides is 1. The second-order valence-electron chi connectivity index (χ2n) is 4.60. The summed E-state index contributed by atoms with van der Waals surface area (Å²) >= 11 is 5.70. The van der Waals surface area contributed by atoms with Crippen molar-refractivity contribution in [2.45, 2.75) is 26.8 Å². The number of carbonyl (C=O) groups excluding carboxylic acids is 2. The molecule has 0 aliphatic carbocycles. The van der Waals surface area contributed by atoms with Crippen molar-refractivity contribution < 1.29 is 9.59 Å². The van der Waals surface area contributed by atoms with E-state index in [1.807, 2.05) is 20.8 Å². The van der Waals surface area contributed by atoms with Gasteiger partial charge in [-0.3, -0.25) is 9.59 Å². The van der Waals surface area contributed by atoms with Crippen molar-refractivity contribution in [1.29, 1.82) is 0 Å². The molecule has 2 amide bonds. The first-order valence-electron chi connectivity index (χ1n) is 5.63. The largest absolute Gasteiger partial charge is 0.332 e. The van der Waals surface area contributed by atoms with Gasteiger partial charge in [-0.25, -0.2) is 0 Å². The van der Waals surface area contributed by atoms with Crippen LogP contribution < -0.4 is 0 Å². The lowest BCUT2D eigenvalue weighted by molar-refractivity contribution is -0.157. The number of hydrogen-bond donors (Lipinski definition) is 0. The monoisotopic (exact) mass is 246 g/mol. The Morgan fingerprint density at radius 1 is 1.19 bits per heavy atom. The predicted molar refractivity (Wildman–Crippen MR) is 63.3 cm³/mol. The first-order valence-corrected chi connectivity index (χ1v) is 6.16. The third-order valence-corrected chi connectivity index (χ3v) is 3.29. The van der Waals surface area contributed by atoms with Crippen LogP contribution in [0.5, 0.6) is 0 Å². The lowest BCUT2D eigenvalue weighted by Crippen LogP contribution is -2.57. The number of nitrogens with zero attached hydrogens (tertiary/aromatic N) is 2. The number of amides is 2. The van der Waals surface area contributed by atoms with Crippen LogP contribution in [0.3, 0.4) is 0 Å². The van der Waals surface area contributed by atoms with Crippen LogP contribution in [-0.4, -0.2) is 53.2 Å². The van der Waals surface area contributed by atoms with Crippen LogP contribution in [0.2, 0.25) is 0 Å². The molecule has 92 valence electrons. The van der Waals surface area contributed by atoms with Crippen molar-refractivity contribution in [3.8, 4) is 0 Å². The predicted octanol–water partition coefficient (Wildman–Crippen LogP) is 0.940. The fourth-order valence-electron chi connectivity index (χ4n) is 1.78. The molecule has 0 aromatic carbocycles. The molecule has 1 atom stereocenters. The first kappa shape index (κ1) is 13.3. The molecule has 0 saturated carbocycles. The van der Waals surface area contributed by atoms with E-state index in [1.165, 1.54) is 0 Å². The molecule has 16 heavy (non-hydrogen) atoms. The topological polar surface area (TPSA) is 40.6 Å². The van der Waals surface area contributed by atoms with Crippen molar-refractivity contribution in [1.82, 2.24) is 9.80 Å². The summed E-state index contributed by atoms with van der Waals surface area (Å²) < 4.78 is 0. The summed E-state index contributed by atoms with van der Waals surface area (Å²) in [6.07, 6.45) is 0. The van der Waals surface area contributed by atoms with Crippen LogP contribution in [-0.2, 0) is 9.59 Å². The zero-order chi connectivity index (χ0) is 12.3. The van der Waals surface area contributed by atoms with Gasteiger partial charge < -0.3 is 9.80 Å². The summed E-state index contributed by atoms with van der Waals surface area (Å²) in [7, 11) is 0. The highest BCUT2D eigenvalue weighted by Gasteiger charge is 2.33. The Morgan fingerprint density at radius 3 is 2.31 bits per heavy atom. The summed E-state index contributed by atoms with van der Waals surface area (Å²) in [6, 6.07) is 0.0871. The van der Waals surface area contributed by atoms with E-state index in [9.17, 15) is 9.59 Å². The minimum atomic E-state index is -0.392. The lowest BCUT2D eigenvalue weighted by Gasteiger charge is -2.36. The number of carbonyl (C=O) groups is 2. The number of hydrogen-bond acceptors (Lipinski definition) is 2. The summed E-state index contributed by atoms with van der Waals surface area (Å²) in [5.74, 6) is -0.0461. The summed E-state index contributed by atoms with van der Waals surface area (Å²) in [6.45, 7) is 7.62. The van der Waals surface area contributed by atoms with Crippen molar-refractivity contribution in [2.24, 2.45) is 5.92 Å². The molecule has 0 radical (unpaired) electrons. The van der Waals surface area contributed by atoms with Crippen LogP contribution in [0, 0.1) is 5.92 Å². The lowest BCUT2D eigenvalue weighted by atomic mass is 10.1. The summed E-state index contributed by atoms with van der Waals surface area (Å²) in [5, 5.41) is 0. The van der Waals surface area contributed by atoms with Gasteiger partial charge in [-0.05, 0) is 19.8 Å². The molecule has 1 saturated heterocycles. The molecule has 1 aliphatic rings. The van der Waals surface area contributed by atoms with Crippen LogP contribution in [0.15, 0.2) is 0 Å². The molecule has 1 aliphatic heterocycles. The molecule has 1 fully saturated rings. The molecule has 1 unspecified atom stereocenters. The van der Waals surface area contributed by atoms with Gasteiger partial charge in [0.1, 0.15) is 0 Å². The van der Waals surface area contributed by atoms with Gasteiger partial charge in [0.2, 0.25) is 0 Å². The molecule has 1 heterocycles.